The third kappa shape index (κ3) is 4.63. The molecule has 1 amide bonds. The number of anilines is 1. The van der Waals surface area contributed by atoms with Crippen molar-refractivity contribution in [3.63, 3.8) is 0 Å². The van der Waals surface area contributed by atoms with Gasteiger partial charge in [0.1, 0.15) is 5.69 Å². The lowest BCUT2D eigenvalue weighted by Crippen LogP contribution is -2.48. The van der Waals surface area contributed by atoms with Crippen molar-refractivity contribution in [3.8, 4) is 0 Å². The molecule has 0 radical (unpaired) electrons. The molecule has 28 heavy (non-hydrogen) atoms. The molecule has 4 rings (SSSR count). The first kappa shape index (κ1) is 19.2. The first-order valence-corrected chi connectivity index (χ1v) is 10.7. The molecular weight excluding hydrogens is 356 g/mol. The summed E-state index contributed by atoms with van der Waals surface area (Å²) in [7, 11) is 0. The van der Waals surface area contributed by atoms with E-state index in [4.69, 9.17) is 0 Å². The topological polar surface area (TPSA) is 78.7 Å². The van der Waals surface area contributed by atoms with Crippen LogP contribution in [0, 0.1) is 16.0 Å². The highest BCUT2D eigenvalue weighted by molar-refractivity contribution is 5.96. The zero-order valence-corrected chi connectivity index (χ0v) is 16.4. The molecule has 0 bridgehead atoms. The van der Waals surface area contributed by atoms with E-state index in [1.807, 2.05) is 0 Å². The van der Waals surface area contributed by atoms with Crippen LogP contribution < -0.4 is 10.2 Å². The van der Waals surface area contributed by atoms with E-state index in [-0.39, 0.29) is 22.6 Å². The number of piperazine rings is 1. The number of amides is 1. The van der Waals surface area contributed by atoms with Gasteiger partial charge in [0, 0.05) is 50.4 Å². The van der Waals surface area contributed by atoms with Crippen LogP contribution in [0.1, 0.15) is 55.3 Å². The van der Waals surface area contributed by atoms with Crippen LogP contribution in [0.2, 0.25) is 0 Å². The summed E-state index contributed by atoms with van der Waals surface area (Å²) in [4.78, 5) is 28.1. The van der Waals surface area contributed by atoms with Gasteiger partial charge in [0.25, 0.3) is 11.6 Å². The maximum absolute atomic E-state index is 12.2. The standard InChI is InChI=1S/C21H30N4O3/c26-21(22-18-7-8-18)17-6-9-19(20(14-17)25(27)28)24-12-10-23(11-13-24)15-16-4-2-1-3-5-16/h6,9,14,16,18H,1-5,7-8,10-13,15H2,(H,22,26). The summed E-state index contributed by atoms with van der Waals surface area (Å²) in [6.07, 6.45) is 8.78. The SMILES string of the molecule is O=C(NC1CC1)c1ccc(N2CCN(CC3CCCCC3)CC2)c([N+](=O)[O-])c1. The van der Waals surface area contributed by atoms with Crippen molar-refractivity contribution in [3.05, 3.63) is 33.9 Å². The lowest BCUT2D eigenvalue weighted by Gasteiger charge is -2.38. The lowest BCUT2D eigenvalue weighted by atomic mass is 9.89. The van der Waals surface area contributed by atoms with Gasteiger partial charge in [0.15, 0.2) is 0 Å². The maximum atomic E-state index is 12.2. The minimum Gasteiger partial charge on any atom is -0.363 e. The monoisotopic (exact) mass is 386 g/mol. The fourth-order valence-corrected chi connectivity index (χ4v) is 4.48. The molecule has 7 nitrogen and oxygen atoms in total. The molecule has 3 aliphatic rings. The van der Waals surface area contributed by atoms with E-state index in [9.17, 15) is 14.9 Å². The predicted octanol–water partition coefficient (Wildman–Crippen LogP) is 3.19. The third-order valence-corrected chi connectivity index (χ3v) is 6.30. The highest BCUT2D eigenvalue weighted by atomic mass is 16.6. The second-order valence-electron chi connectivity index (χ2n) is 8.50. The Labute approximate surface area is 166 Å². The van der Waals surface area contributed by atoms with E-state index in [0.717, 1.165) is 51.5 Å². The Hall–Kier alpha value is -2.15. The van der Waals surface area contributed by atoms with E-state index < -0.39 is 0 Å². The number of benzene rings is 1. The van der Waals surface area contributed by atoms with Crippen molar-refractivity contribution in [2.45, 2.75) is 51.0 Å². The molecular formula is C21H30N4O3. The van der Waals surface area contributed by atoms with Gasteiger partial charge in [-0.2, -0.15) is 0 Å². The molecule has 3 fully saturated rings. The molecule has 152 valence electrons. The number of hydrogen-bond donors (Lipinski definition) is 1. The van der Waals surface area contributed by atoms with Crippen LogP contribution >= 0.6 is 0 Å². The molecule has 1 aliphatic heterocycles. The average Bonchev–Trinajstić information content (AvgIpc) is 3.53. The van der Waals surface area contributed by atoms with Crippen molar-refractivity contribution in [1.29, 1.82) is 0 Å². The van der Waals surface area contributed by atoms with Crippen LogP contribution in [0.25, 0.3) is 0 Å². The van der Waals surface area contributed by atoms with Crippen LogP contribution in [-0.4, -0.2) is 54.5 Å². The minimum atomic E-state index is -0.363. The molecule has 2 saturated carbocycles. The number of nitrogens with zero attached hydrogens (tertiary/aromatic N) is 3. The number of nitro groups is 1. The molecule has 1 N–H and O–H groups in total. The van der Waals surface area contributed by atoms with Crippen LogP contribution in [0.3, 0.4) is 0 Å². The predicted molar refractivity (Wildman–Crippen MR) is 109 cm³/mol. The van der Waals surface area contributed by atoms with Crippen LogP contribution in [0.15, 0.2) is 18.2 Å². The molecule has 1 aromatic rings. The normalized spacial score (nSPS) is 21.5. The van der Waals surface area contributed by atoms with Gasteiger partial charge in [0.2, 0.25) is 0 Å². The molecule has 1 heterocycles. The molecule has 2 aliphatic carbocycles. The molecule has 0 unspecified atom stereocenters. The largest absolute Gasteiger partial charge is 0.363 e. The Bertz CT molecular complexity index is 720. The molecule has 0 atom stereocenters. The number of hydrogen-bond acceptors (Lipinski definition) is 5. The van der Waals surface area contributed by atoms with Crippen LogP contribution in [0.5, 0.6) is 0 Å². The number of rotatable bonds is 6. The Morgan fingerprint density at radius 2 is 1.79 bits per heavy atom. The summed E-state index contributed by atoms with van der Waals surface area (Å²) in [6.45, 7) is 4.63. The van der Waals surface area contributed by atoms with Gasteiger partial charge in [-0.15, -0.1) is 0 Å². The molecule has 1 saturated heterocycles. The second-order valence-corrected chi connectivity index (χ2v) is 8.50. The summed E-state index contributed by atoms with van der Waals surface area (Å²) in [6, 6.07) is 5.13. The smallest absolute Gasteiger partial charge is 0.293 e. The van der Waals surface area contributed by atoms with Gasteiger partial charge < -0.3 is 10.2 Å². The molecule has 1 aromatic carbocycles. The van der Waals surface area contributed by atoms with E-state index >= 15 is 0 Å². The fourth-order valence-electron chi connectivity index (χ4n) is 4.48. The number of carbonyl (C=O) groups excluding carboxylic acids is 1. The summed E-state index contributed by atoms with van der Waals surface area (Å²) < 4.78 is 0. The average molecular weight is 386 g/mol. The van der Waals surface area contributed by atoms with E-state index in [1.165, 1.54) is 38.2 Å². The molecule has 0 aromatic heterocycles. The van der Waals surface area contributed by atoms with E-state index in [1.54, 1.807) is 12.1 Å². The summed E-state index contributed by atoms with van der Waals surface area (Å²) in [5, 5.41) is 14.5. The zero-order chi connectivity index (χ0) is 19.5. The van der Waals surface area contributed by atoms with E-state index in [0.29, 0.717) is 11.3 Å². The second kappa shape index (κ2) is 8.47. The summed E-state index contributed by atoms with van der Waals surface area (Å²) >= 11 is 0. The number of nitro benzene ring substituents is 1. The third-order valence-electron chi connectivity index (χ3n) is 6.30. The van der Waals surface area contributed by atoms with Gasteiger partial charge in [-0.1, -0.05) is 19.3 Å². The van der Waals surface area contributed by atoms with E-state index in [2.05, 4.69) is 15.1 Å². The Balaban J connectivity index is 1.39. The zero-order valence-electron chi connectivity index (χ0n) is 16.4. The number of nitrogens with one attached hydrogen (secondary N) is 1. The van der Waals surface area contributed by atoms with Crippen molar-refractivity contribution in [2.75, 3.05) is 37.6 Å². The quantitative estimate of drug-likeness (QED) is 0.600. The van der Waals surface area contributed by atoms with Gasteiger partial charge in [-0.3, -0.25) is 19.8 Å². The van der Waals surface area contributed by atoms with Gasteiger partial charge in [-0.05, 0) is 43.7 Å². The lowest BCUT2D eigenvalue weighted by molar-refractivity contribution is -0.384. The van der Waals surface area contributed by atoms with Gasteiger partial charge >= 0.3 is 0 Å². The Morgan fingerprint density at radius 1 is 1.07 bits per heavy atom. The maximum Gasteiger partial charge on any atom is 0.293 e. The Kier molecular flexibility index (Phi) is 5.80. The van der Waals surface area contributed by atoms with Gasteiger partial charge in [0.05, 0.1) is 4.92 Å². The van der Waals surface area contributed by atoms with Crippen LogP contribution in [0.4, 0.5) is 11.4 Å². The van der Waals surface area contributed by atoms with Crippen molar-refractivity contribution in [2.24, 2.45) is 5.92 Å². The number of carbonyl (C=O) groups is 1. The van der Waals surface area contributed by atoms with Gasteiger partial charge in [-0.25, -0.2) is 0 Å². The Morgan fingerprint density at radius 3 is 2.43 bits per heavy atom. The summed E-state index contributed by atoms with van der Waals surface area (Å²) in [5.74, 6) is 0.605. The first-order valence-electron chi connectivity index (χ1n) is 10.7. The van der Waals surface area contributed by atoms with Crippen LogP contribution in [-0.2, 0) is 0 Å². The first-order chi connectivity index (χ1) is 13.6. The summed E-state index contributed by atoms with van der Waals surface area (Å²) in [5.41, 5.74) is 1.03. The highest BCUT2D eigenvalue weighted by Gasteiger charge is 2.28. The van der Waals surface area contributed by atoms with Crippen molar-refractivity contribution in [1.82, 2.24) is 10.2 Å². The molecule has 0 spiro atoms. The van der Waals surface area contributed by atoms with Crippen molar-refractivity contribution >= 4 is 17.3 Å². The minimum absolute atomic E-state index is 0.0316. The fraction of sp³-hybridized carbons (Fsp3) is 0.667. The van der Waals surface area contributed by atoms with Crippen molar-refractivity contribution < 1.29 is 9.72 Å². The molecule has 7 heteroatoms. The highest BCUT2D eigenvalue weighted by Crippen LogP contribution is 2.31.